The van der Waals surface area contributed by atoms with Crippen LogP contribution < -0.4 is 10.6 Å². The highest BCUT2D eigenvalue weighted by Crippen LogP contribution is 2.25. The van der Waals surface area contributed by atoms with Crippen LogP contribution >= 0.6 is 11.3 Å². The maximum atomic E-state index is 11.9. The number of aromatic nitrogens is 4. The predicted octanol–water partition coefficient (Wildman–Crippen LogP) is 2.31. The first-order chi connectivity index (χ1) is 12.3. The van der Waals surface area contributed by atoms with Crippen LogP contribution in [0.4, 0.5) is 5.95 Å². The zero-order valence-corrected chi connectivity index (χ0v) is 14.0. The fourth-order valence-electron chi connectivity index (χ4n) is 3.05. The summed E-state index contributed by atoms with van der Waals surface area (Å²) in [5.74, 6) is 1.17. The number of benzene rings is 1. The van der Waals surface area contributed by atoms with Gasteiger partial charge in [0.2, 0.25) is 11.9 Å². The molecule has 0 unspecified atom stereocenters. The molecule has 4 aromatic rings. The van der Waals surface area contributed by atoms with Crippen LogP contribution in [0.5, 0.6) is 0 Å². The lowest BCUT2D eigenvalue weighted by molar-refractivity contribution is -0.119. The number of rotatable bonds is 3. The molecule has 0 aliphatic carbocycles. The molecule has 4 heterocycles. The van der Waals surface area contributed by atoms with Crippen LogP contribution in [0.1, 0.15) is 6.42 Å². The predicted molar refractivity (Wildman–Crippen MR) is 96.6 cm³/mol. The lowest BCUT2D eigenvalue weighted by Crippen LogP contribution is -2.30. The molecule has 0 bridgehead atoms. The number of nitrogens with zero attached hydrogens (tertiary/aromatic N) is 4. The Kier molecular flexibility index (Phi) is 3.17. The molecule has 5 rings (SSSR count). The van der Waals surface area contributed by atoms with Crippen LogP contribution in [0.2, 0.25) is 0 Å². The number of fused-ring (bicyclic) bond motifs is 3. The molecule has 124 valence electrons. The minimum Gasteiger partial charge on any atom is -0.354 e. The average molecular weight is 350 g/mol. The molecule has 0 saturated carbocycles. The van der Waals surface area contributed by atoms with Crippen molar-refractivity contribution in [3.05, 3.63) is 41.1 Å². The van der Waals surface area contributed by atoms with Gasteiger partial charge in [-0.3, -0.25) is 4.79 Å². The quantitative estimate of drug-likeness (QED) is 0.592. The zero-order chi connectivity index (χ0) is 16.8. The first kappa shape index (κ1) is 14.4. The van der Waals surface area contributed by atoms with E-state index in [1.807, 2.05) is 41.1 Å². The van der Waals surface area contributed by atoms with E-state index in [1.54, 1.807) is 15.9 Å². The van der Waals surface area contributed by atoms with Gasteiger partial charge < -0.3 is 10.6 Å². The fourth-order valence-corrected chi connectivity index (χ4v) is 3.69. The van der Waals surface area contributed by atoms with Crippen molar-refractivity contribution in [3.8, 4) is 11.4 Å². The summed E-state index contributed by atoms with van der Waals surface area (Å²) in [6, 6.07) is 9.51. The molecule has 1 fully saturated rings. The Balaban J connectivity index is 1.72. The number of nitrogens with one attached hydrogen (secondary N) is 2. The molecule has 0 spiro atoms. The molecule has 0 radical (unpaired) electrons. The lowest BCUT2D eigenvalue weighted by atomic mass is 10.2. The van der Waals surface area contributed by atoms with Crippen molar-refractivity contribution in [1.82, 2.24) is 24.9 Å². The van der Waals surface area contributed by atoms with Gasteiger partial charge in [0, 0.05) is 22.9 Å². The fraction of sp³-hybridized carbons (Fsp3) is 0.176. The molecule has 3 aromatic heterocycles. The van der Waals surface area contributed by atoms with Crippen molar-refractivity contribution in [1.29, 1.82) is 0 Å². The number of carbonyl (C=O) groups excluding carboxylic acids is 1. The topological polar surface area (TPSA) is 84.2 Å². The molecule has 2 N–H and O–H groups in total. The third kappa shape index (κ3) is 2.33. The summed E-state index contributed by atoms with van der Waals surface area (Å²) in [4.78, 5) is 21.3. The Morgan fingerprint density at radius 3 is 2.96 bits per heavy atom. The van der Waals surface area contributed by atoms with Crippen molar-refractivity contribution < 1.29 is 4.79 Å². The minimum atomic E-state index is -0.300. The third-order valence-corrected chi connectivity index (χ3v) is 4.99. The van der Waals surface area contributed by atoms with Crippen molar-refractivity contribution in [2.75, 3.05) is 11.9 Å². The molecule has 8 heteroatoms. The molecule has 1 atom stereocenters. The molecule has 1 aliphatic rings. The van der Waals surface area contributed by atoms with Crippen LogP contribution in [0.25, 0.3) is 27.9 Å². The Bertz CT molecular complexity index is 1090. The molecule has 1 aromatic carbocycles. The Morgan fingerprint density at radius 2 is 2.16 bits per heavy atom. The highest BCUT2D eigenvalue weighted by Gasteiger charge is 2.26. The average Bonchev–Trinajstić information content (AvgIpc) is 3.35. The van der Waals surface area contributed by atoms with E-state index in [4.69, 9.17) is 4.98 Å². The summed E-state index contributed by atoms with van der Waals surface area (Å²) >= 11 is 1.61. The monoisotopic (exact) mass is 350 g/mol. The van der Waals surface area contributed by atoms with Gasteiger partial charge in [0.25, 0.3) is 0 Å². The van der Waals surface area contributed by atoms with E-state index in [0.717, 1.165) is 28.5 Å². The van der Waals surface area contributed by atoms with Crippen LogP contribution in [-0.4, -0.2) is 38.1 Å². The van der Waals surface area contributed by atoms with Crippen LogP contribution in [0.3, 0.4) is 0 Å². The van der Waals surface area contributed by atoms with Gasteiger partial charge in [0.1, 0.15) is 6.04 Å². The van der Waals surface area contributed by atoms with Gasteiger partial charge in [0.15, 0.2) is 11.5 Å². The van der Waals surface area contributed by atoms with Gasteiger partial charge in [0.05, 0.1) is 5.52 Å². The summed E-state index contributed by atoms with van der Waals surface area (Å²) in [5.41, 5.74) is 2.52. The summed E-state index contributed by atoms with van der Waals surface area (Å²) in [5, 5.41) is 15.6. The van der Waals surface area contributed by atoms with E-state index in [1.165, 1.54) is 0 Å². The first-order valence-electron chi connectivity index (χ1n) is 8.02. The smallest absolute Gasteiger partial charge is 0.242 e. The van der Waals surface area contributed by atoms with Crippen LogP contribution in [-0.2, 0) is 4.79 Å². The Morgan fingerprint density at radius 1 is 1.24 bits per heavy atom. The number of amides is 1. The van der Waals surface area contributed by atoms with E-state index in [0.29, 0.717) is 18.3 Å². The van der Waals surface area contributed by atoms with E-state index in [9.17, 15) is 4.79 Å². The van der Waals surface area contributed by atoms with Gasteiger partial charge in [-0.05, 0) is 30.0 Å². The van der Waals surface area contributed by atoms with Crippen LogP contribution in [0.15, 0.2) is 41.1 Å². The van der Waals surface area contributed by atoms with Gasteiger partial charge in [-0.15, -0.1) is 5.10 Å². The molecular weight excluding hydrogens is 336 g/mol. The van der Waals surface area contributed by atoms with Gasteiger partial charge in [-0.1, -0.05) is 12.1 Å². The zero-order valence-electron chi connectivity index (χ0n) is 13.1. The molecule has 1 aliphatic heterocycles. The highest BCUT2D eigenvalue weighted by atomic mass is 32.1. The third-order valence-electron chi connectivity index (χ3n) is 4.31. The van der Waals surface area contributed by atoms with E-state index in [-0.39, 0.29) is 11.9 Å². The number of thiophene rings is 1. The van der Waals surface area contributed by atoms with E-state index in [2.05, 4.69) is 20.7 Å². The Hall–Kier alpha value is -3.00. The van der Waals surface area contributed by atoms with Crippen molar-refractivity contribution in [2.24, 2.45) is 0 Å². The SMILES string of the molecule is O=C1NCC[C@H]1Nc1nc2ccccc2c2nc(-c3ccsc3)nn12. The largest absolute Gasteiger partial charge is 0.354 e. The summed E-state index contributed by atoms with van der Waals surface area (Å²) < 4.78 is 1.70. The molecule has 25 heavy (non-hydrogen) atoms. The van der Waals surface area contributed by atoms with E-state index < -0.39 is 0 Å². The summed E-state index contributed by atoms with van der Waals surface area (Å²) in [6.45, 7) is 0.671. The number of hydrogen-bond acceptors (Lipinski definition) is 6. The lowest BCUT2D eigenvalue weighted by Gasteiger charge is -2.12. The molecule has 1 amide bonds. The number of carbonyl (C=O) groups is 1. The molecule has 1 saturated heterocycles. The number of para-hydroxylation sites is 1. The van der Waals surface area contributed by atoms with Crippen molar-refractivity contribution in [3.63, 3.8) is 0 Å². The van der Waals surface area contributed by atoms with Crippen LogP contribution in [0, 0.1) is 0 Å². The normalized spacial score (nSPS) is 17.3. The second-order valence-corrected chi connectivity index (χ2v) is 6.69. The van der Waals surface area contributed by atoms with Crippen molar-refractivity contribution >= 4 is 39.7 Å². The van der Waals surface area contributed by atoms with Gasteiger partial charge in [-0.2, -0.15) is 15.9 Å². The summed E-state index contributed by atoms with van der Waals surface area (Å²) in [6.07, 6.45) is 0.723. The maximum Gasteiger partial charge on any atom is 0.242 e. The van der Waals surface area contributed by atoms with Gasteiger partial charge >= 0.3 is 0 Å². The second-order valence-electron chi connectivity index (χ2n) is 5.91. The number of hydrogen-bond donors (Lipinski definition) is 2. The van der Waals surface area contributed by atoms with Crippen molar-refractivity contribution in [2.45, 2.75) is 12.5 Å². The highest BCUT2D eigenvalue weighted by molar-refractivity contribution is 7.08. The van der Waals surface area contributed by atoms with E-state index >= 15 is 0 Å². The summed E-state index contributed by atoms with van der Waals surface area (Å²) in [7, 11) is 0. The molecular formula is C17H14N6OS. The Labute approximate surface area is 146 Å². The van der Waals surface area contributed by atoms with Gasteiger partial charge in [-0.25, -0.2) is 9.97 Å². The maximum absolute atomic E-state index is 11.9. The standard InChI is InChI=1S/C17H14N6OS/c24-16-13(5-7-18-16)20-17-19-12-4-2-1-3-11(12)15-21-14(22-23(15)17)10-6-8-25-9-10/h1-4,6,8-9,13H,5,7H2,(H,18,24)(H,19,20)/t13-/m1/s1. The number of anilines is 1. The minimum absolute atomic E-state index is 0.0127. The second kappa shape index (κ2) is 5.52. The first-order valence-corrected chi connectivity index (χ1v) is 8.96. The molecule has 7 nitrogen and oxygen atoms in total.